The van der Waals surface area contributed by atoms with E-state index in [1.54, 1.807) is 18.2 Å². The van der Waals surface area contributed by atoms with Crippen LogP contribution in [0.3, 0.4) is 0 Å². The molecule has 0 unspecified atom stereocenters. The number of methoxy groups -OCH3 is 4. The number of hydrogen-bond donors (Lipinski definition) is 1. The highest BCUT2D eigenvalue weighted by Gasteiger charge is 2.24. The summed E-state index contributed by atoms with van der Waals surface area (Å²) < 4.78 is 20.2. The molecule has 0 atom stereocenters. The summed E-state index contributed by atoms with van der Waals surface area (Å²) >= 11 is 0. The Morgan fingerprint density at radius 1 is 1.03 bits per heavy atom. The molecule has 1 amide bonds. The van der Waals surface area contributed by atoms with E-state index in [9.17, 15) is 19.7 Å². The third-order valence-corrected chi connectivity index (χ3v) is 4.68. The SMILES string of the molecule is COCCNc1ccc(C(=O)N(CC(=O)OC)Cc2cc(OC)cc(OC)c2)cc1[N+](=O)[O-]. The van der Waals surface area contributed by atoms with E-state index in [4.69, 9.17) is 18.9 Å². The molecule has 0 spiro atoms. The molecule has 2 aromatic rings. The van der Waals surface area contributed by atoms with Crippen molar-refractivity contribution >= 4 is 23.3 Å². The number of nitro groups is 1. The van der Waals surface area contributed by atoms with Crippen LogP contribution >= 0.6 is 0 Å². The first kappa shape index (κ1) is 25.4. The average Bonchev–Trinajstić information content (AvgIpc) is 2.82. The summed E-state index contributed by atoms with van der Waals surface area (Å²) in [5.41, 5.74) is 0.678. The van der Waals surface area contributed by atoms with Gasteiger partial charge in [-0.05, 0) is 29.8 Å². The Kier molecular flexibility index (Phi) is 9.43. The molecule has 0 heterocycles. The van der Waals surface area contributed by atoms with E-state index < -0.39 is 16.8 Å². The number of esters is 1. The third kappa shape index (κ3) is 7.07. The van der Waals surface area contributed by atoms with Crippen LogP contribution in [0, 0.1) is 10.1 Å². The lowest BCUT2D eigenvalue weighted by molar-refractivity contribution is -0.384. The first-order valence-electron chi connectivity index (χ1n) is 9.92. The number of benzene rings is 2. The van der Waals surface area contributed by atoms with Crippen LogP contribution in [-0.2, 0) is 20.8 Å². The summed E-state index contributed by atoms with van der Waals surface area (Å²) in [4.78, 5) is 37.4. The van der Waals surface area contributed by atoms with Crippen LogP contribution in [0.2, 0.25) is 0 Å². The van der Waals surface area contributed by atoms with Gasteiger partial charge < -0.3 is 29.2 Å². The molecular weight excluding hydrogens is 434 g/mol. The van der Waals surface area contributed by atoms with E-state index in [1.807, 2.05) is 0 Å². The van der Waals surface area contributed by atoms with Gasteiger partial charge in [0, 0.05) is 37.9 Å². The van der Waals surface area contributed by atoms with Crippen molar-refractivity contribution in [3.8, 4) is 11.5 Å². The zero-order valence-corrected chi connectivity index (χ0v) is 19.0. The molecule has 2 rings (SSSR count). The van der Waals surface area contributed by atoms with Crippen LogP contribution in [0.1, 0.15) is 15.9 Å². The maximum Gasteiger partial charge on any atom is 0.325 e. The molecule has 11 heteroatoms. The summed E-state index contributed by atoms with van der Waals surface area (Å²) in [6, 6.07) is 9.16. The van der Waals surface area contributed by atoms with E-state index in [2.05, 4.69) is 5.32 Å². The predicted molar refractivity (Wildman–Crippen MR) is 120 cm³/mol. The number of ether oxygens (including phenoxy) is 4. The zero-order chi connectivity index (χ0) is 24.4. The summed E-state index contributed by atoms with van der Waals surface area (Å²) in [6.07, 6.45) is 0. The van der Waals surface area contributed by atoms with Crippen LogP contribution in [-0.4, -0.2) is 69.8 Å². The average molecular weight is 461 g/mol. The molecule has 11 nitrogen and oxygen atoms in total. The lowest BCUT2D eigenvalue weighted by Gasteiger charge is -2.22. The molecule has 0 bridgehead atoms. The standard InChI is InChI=1S/C22H27N3O8/c1-30-8-7-23-19-6-5-16(11-20(19)25(28)29)22(27)24(14-21(26)33-4)13-15-9-17(31-2)12-18(10-15)32-3/h5-6,9-12,23H,7-8,13-14H2,1-4H3. The largest absolute Gasteiger partial charge is 0.497 e. The van der Waals surface area contributed by atoms with Crippen LogP contribution in [0.15, 0.2) is 36.4 Å². The summed E-state index contributed by atoms with van der Waals surface area (Å²) in [5, 5.41) is 14.5. The van der Waals surface area contributed by atoms with Crippen LogP contribution in [0.25, 0.3) is 0 Å². The van der Waals surface area contributed by atoms with Gasteiger partial charge in [0.1, 0.15) is 23.7 Å². The van der Waals surface area contributed by atoms with Crippen molar-refractivity contribution in [1.29, 1.82) is 0 Å². The summed E-state index contributed by atoms with van der Waals surface area (Å²) in [6.45, 7) is 0.380. The van der Waals surface area contributed by atoms with Gasteiger partial charge >= 0.3 is 5.97 Å². The highest BCUT2D eigenvalue weighted by atomic mass is 16.6. The number of rotatable bonds is 12. The molecule has 2 aromatic carbocycles. The number of amides is 1. The third-order valence-electron chi connectivity index (χ3n) is 4.68. The van der Waals surface area contributed by atoms with Gasteiger partial charge in [0.25, 0.3) is 11.6 Å². The first-order valence-corrected chi connectivity index (χ1v) is 9.92. The number of hydrogen-bond acceptors (Lipinski definition) is 9. The Hall–Kier alpha value is -3.86. The quantitative estimate of drug-likeness (QED) is 0.219. The molecule has 1 N–H and O–H groups in total. The minimum Gasteiger partial charge on any atom is -0.497 e. The van der Waals surface area contributed by atoms with Gasteiger partial charge in [-0.1, -0.05) is 0 Å². The fourth-order valence-electron chi connectivity index (χ4n) is 3.03. The molecule has 0 radical (unpaired) electrons. The lowest BCUT2D eigenvalue weighted by Crippen LogP contribution is -2.35. The van der Waals surface area contributed by atoms with Crippen molar-refractivity contribution in [2.45, 2.75) is 6.54 Å². The minimum atomic E-state index is -0.634. The van der Waals surface area contributed by atoms with E-state index >= 15 is 0 Å². The van der Waals surface area contributed by atoms with Crippen LogP contribution in [0.4, 0.5) is 11.4 Å². The fourth-order valence-corrected chi connectivity index (χ4v) is 3.03. The van der Waals surface area contributed by atoms with Crippen molar-refractivity contribution < 1.29 is 33.5 Å². The van der Waals surface area contributed by atoms with Crippen LogP contribution < -0.4 is 14.8 Å². The second-order valence-electron chi connectivity index (χ2n) is 6.87. The Morgan fingerprint density at radius 2 is 1.70 bits per heavy atom. The van der Waals surface area contributed by atoms with Crippen molar-refractivity contribution in [1.82, 2.24) is 4.90 Å². The Bertz CT molecular complexity index is 973. The molecule has 0 saturated carbocycles. The zero-order valence-electron chi connectivity index (χ0n) is 19.0. The van der Waals surface area contributed by atoms with Crippen molar-refractivity contribution in [2.75, 3.05) is 53.5 Å². The number of carbonyl (C=O) groups excluding carboxylic acids is 2. The minimum absolute atomic E-state index is 0.0170. The molecule has 0 aliphatic carbocycles. The highest BCUT2D eigenvalue weighted by molar-refractivity contribution is 5.97. The van der Waals surface area contributed by atoms with E-state index in [1.165, 1.54) is 51.5 Å². The second kappa shape index (κ2) is 12.2. The predicted octanol–water partition coefficient (Wildman–Crippen LogP) is 2.49. The Morgan fingerprint density at radius 3 is 2.24 bits per heavy atom. The number of carbonyl (C=O) groups is 2. The van der Waals surface area contributed by atoms with Crippen molar-refractivity contribution in [3.05, 3.63) is 57.6 Å². The highest BCUT2D eigenvalue weighted by Crippen LogP contribution is 2.27. The number of nitrogens with zero attached hydrogens (tertiary/aromatic N) is 2. The summed E-state index contributed by atoms with van der Waals surface area (Å²) in [7, 11) is 5.73. The van der Waals surface area contributed by atoms with E-state index in [0.717, 1.165) is 0 Å². The molecular formula is C22H27N3O8. The van der Waals surface area contributed by atoms with Gasteiger partial charge in [0.05, 0.1) is 32.9 Å². The van der Waals surface area contributed by atoms with Crippen molar-refractivity contribution in [3.63, 3.8) is 0 Å². The maximum atomic E-state index is 13.2. The molecule has 33 heavy (non-hydrogen) atoms. The molecule has 0 aliphatic rings. The second-order valence-corrected chi connectivity index (χ2v) is 6.87. The summed E-state index contributed by atoms with van der Waals surface area (Å²) in [5.74, 6) is -0.187. The smallest absolute Gasteiger partial charge is 0.325 e. The number of nitro benzene ring substituents is 1. The molecule has 0 aliphatic heterocycles. The Labute approximate surface area is 191 Å². The maximum absolute atomic E-state index is 13.2. The normalized spacial score (nSPS) is 10.3. The topological polar surface area (TPSA) is 129 Å². The van der Waals surface area contributed by atoms with Crippen molar-refractivity contribution in [2.24, 2.45) is 0 Å². The van der Waals surface area contributed by atoms with Gasteiger partial charge in [-0.2, -0.15) is 0 Å². The number of nitrogens with one attached hydrogen (secondary N) is 1. The molecule has 0 fully saturated rings. The van der Waals surface area contributed by atoms with Gasteiger partial charge in [0.15, 0.2) is 0 Å². The molecule has 0 saturated heterocycles. The number of anilines is 1. The van der Waals surface area contributed by atoms with Crippen LogP contribution in [0.5, 0.6) is 11.5 Å². The Balaban J connectivity index is 2.38. The van der Waals surface area contributed by atoms with Gasteiger partial charge in [-0.15, -0.1) is 0 Å². The van der Waals surface area contributed by atoms with Gasteiger partial charge in [-0.25, -0.2) is 0 Å². The van der Waals surface area contributed by atoms with E-state index in [0.29, 0.717) is 30.2 Å². The fraction of sp³-hybridized carbons (Fsp3) is 0.364. The molecule has 178 valence electrons. The lowest BCUT2D eigenvalue weighted by atomic mass is 10.1. The van der Waals surface area contributed by atoms with Gasteiger partial charge in [-0.3, -0.25) is 19.7 Å². The van der Waals surface area contributed by atoms with E-state index in [-0.39, 0.29) is 30.0 Å². The molecule has 0 aromatic heterocycles. The monoisotopic (exact) mass is 461 g/mol. The first-order chi connectivity index (χ1) is 15.8. The van der Waals surface area contributed by atoms with Gasteiger partial charge in [0.2, 0.25) is 0 Å².